The standard InChI is InChI=1S/C21H21F2N7O3S/c1-4-30-9-12(7-27-30)34(32,33)29-15-6-5-14(22)17(18(15)23)19(31)13-8-24-20-16(13)21(26-10-25-20)28-11(2)3/h5-11,29H,4H2,1-3H3,(H2,24,25,26,28). The molecule has 0 unspecified atom stereocenters. The van der Waals surface area contributed by atoms with Crippen LogP contribution in [0.4, 0.5) is 20.3 Å². The topological polar surface area (TPSA) is 135 Å². The molecule has 0 amide bonds. The molecule has 10 nitrogen and oxygen atoms in total. The van der Waals surface area contributed by atoms with Crippen LogP contribution >= 0.6 is 0 Å². The van der Waals surface area contributed by atoms with E-state index in [0.29, 0.717) is 18.0 Å². The lowest BCUT2D eigenvalue weighted by atomic mass is 10.0. The van der Waals surface area contributed by atoms with E-state index >= 15 is 4.39 Å². The summed E-state index contributed by atoms with van der Waals surface area (Å²) in [7, 11) is -4.23. The van der Waals surface area contributed by atoms with E-state index in [0.717, 1.165) is 18.3 Å². The van der Waals surface area contributed by atoms with Gasteiger partial charge in [-0.2, -0.15) is 5.10 Å². The average molecular weight is 490 g/mol. The number of H-pyrrole nitrogens is 1. The molecule has 3 heterocycles. The van der Waals surface area contributed by atoms with Crippen LogP contribution in [0.5, 0.6) is 0 Å². The molecule has 3 N–H and O–H groups in total. The van der Waals surface area contributed by atoms with Crippen molar-refractivity contribution >= 4 is 38.3 Å². The van der Waals surface area contributed by atoms with E-state index in [4.69, 9.17) is 0 Å². The zero-order valence-electron chi connectivity index (χ0n) is 18.4. The van der Waals surface area contributed by atoms with Crippen molar-refractivity contribution in [3.63, 3.8) is 0 Å². The van der Waals surface area contributed by atoms with E-state index < -0.39 is 38.7 Å². The molecule has 0 saturated heterocycles. The van der Waals surface area contributed by atoms with Gasteiger partial charge in [0.25, 0.3) is 10.0 Å². The molecule has 4 aromatic rings. The minimum absolute atomic E-state index is 0.0424. The molecule has 0 aliphatic carbocycles. The van der Waals surface area contributed by atoms with E-state index in [1.165, 1.54) is 23.4 Å². The maximum Gasteiger partial charge on any atom is 0.265 e. The molecule has 0 atom stereocenters. The molecule has 0 fully saturated rings. The van der Waals surface area contributed by atoms with Crippen LogP contribution in [-0.2, 0) is 16.6 Å². The molecule has 4 rings (SSSR count). The van der Waals surface area contributed by atoms with Gasteiger partial charge in [0.05, 0.1) is 28.4 Å². The van der Waals surface area contributed by atoms with Crippen LogP contribution in [0.2, 0.25) is 0 Å². The zero-order valence-corrected chi connectivity index (χ0v) is 19.2. The van der Waals surface area contributed by atoms with Crippen LogP contribution in [0.1, 0.15) is 36.7 Å². The van der Waals surface area contributed by atoms with Gasteiger partial charge in [-0.25, -0.2) is 27.2 Å². The number of hydrogen-bond acceptors (Lipinski definition) is 7. The van der Waals surface area contributed by atoms with Crippen molar-refractivity contribution in [3.05, 3.63) is 59.8 Å². The third-order valence-electron chi connectivity index (χ3n) is 4.95. The number of aryl methyl sites for hydroxylation is 1. The van der Waals surface area contributed by atoms with E-state index in [2.05, 4.69) is 30.1 Å². The summed E-state index contributed by atoms with van der Waals surface area (Å²) in [6.07, 6.45) is 4.94. The van der Waals surface area contributed by atoms with Crippen molar-refractivity contribution in [3.8, 4) is 0 Å². The van der Waals surface area contributed by atoms with Crippen LogP contribution in [-0.4, -0.2) is 45.0 Å². The van der Waals surface area contributed by atoms with Crippen LogP contribution in [0, 0.1) is 11.6 Å². The molecule has 0 saturated carbocycles. The lowest BCUT2D eigenvalue weighted by molar-refractivity contribution is 0.103. The number of halogens is 2. The van der Waals surface area contributed by atoms with Gasteiger partial charge >= 0.3 is 0 Å². The first-order valence-electron chi connectivity index (χ1n) is 10.3. The Morgan fingerprint density at radius 2 is 2.00 bits per heavy atom. The Hall–Kier alpha value is -3.87. The molecule has 0 aliphatic rings. The van der Waals surface area contributed by atoms with Crippen LogP contribution in [0.25, 0.3) is 11.0 Å². The van der Waals surface area contributed by atoms with E-state index in [-0.39, 0.29) is 21.9 Å². The molecule has 1 aromatic carbocycles. The highest BCUT2D eigenvalue weighted by Crippen LogP contribution is 2.30. The third-order valence-corrected chi connectivity index (χ3v) is 6.27. The number of ketones is 1. The lowest BCUT2D eigenvalue weighted by Crippen LogP contribution is -2.16. The van der Waals surface area contributed by atoms with Crippen LogP contribution < -0.4 is 10.0 Å². The highest BCUT2D eigenvalue weighted by atomic mass is 32.2. The molecule has 3 aromatic heterocycles. The van der Waals surface area contributed by atoms with Crippen molar-refractivity contribution in [1.29, 1.82) is 0 Å². The number of hydrogen-bond donors (Lipinski definition) is 3. The first-order chi connectivity index (χ1) is 16.1. The van der Waals surface area contributed by atoms with Gasteiger partial charge in [0.1, 0.15) is 28.5 Å². The summed E-state index contributed by atoms with van der Waals surface area (Å²) in [4.78, 5) is 24.0. The maximum atomic E-state index is 15.3. The molecule has 178 valence electrons. The third kappa shape index (κ3) is 4.21. The first kappa shape index (κ1) is 23.3. The lowest BCUT2D eigenvalue weighted by Gasteiger charge is -2.12. The minimum Gasteiger partial charge on any atom is -0.367 e. The fraction of sp³-hybridized carbons (Fsp3) is 0.238. The molecule has 34 heavy (non-hydrogen) atoms. The van der Waals surface area contributed by atoms with Gasteiger partial charge in [-0.3, -0.25) is 14.2 Å². The number of anilines is 2. The molecule has 0 radical (unpaired) electrons. The second-order valence-electron chi connectivity index (χ2n) is 7.70. The summed E-state index contributed by atoms with van der Waals surface area (Å²) in [5, 5.41) is 7.21. The number of benzene rings is 1. The van der Waals surface area contributed by atoms with E-state index in [1.807, 2.05) is 13.8 Å². The summed E-state index contributed by atoms with van der Waals surface area (Å²) < 4.78 is 58.8. The second kappa shape index (κ2) is 8.82. The van der Waals surface area contributed by atoms with Gasteiger partial charge < -0.3 is 10.3 Å². The Bertz CT molecular complexity index is 1500. The van der Waals surface area contributed by atoms with Crippen molar-refractivity contribution in [2.45, 2.75) is 38.3 Å². The molecular formula is C21H21F2N7O3S. The highest BCUT2D eigenvalue weighted by Gasteiger charge is 2.28. The maximum absolute atomic E-state index is 15.3. The molecule has 13 heteroatoms. The van der Waals surface area contributed by atoms with E-state index in [1.54, 1.807) is 6.92 Å². The predicted molar refractivity (Wildman–Crippen MR) is 121 cm³/mol. The van der Waals surface area contributed by atoms with Gasteiger partial charge in [0.2, 0.25) is 5.78 Å². The van der Waals surface area contributed by atoms with Gasteiger partial charge in [-0.05, 0) is 32.9 Å². The summed E-state index contributed by atoms with van der Waals surface area (Å²) >= 11 is 0. The van der Waals surface area contributed by atoms with Gasteiger partial charge in [0.15, 0.2) is 5.82 Å². The minimum atomic E-state index is -4.23. The number of carbonyl (C=O) groups is 1. The number of sulfonamides is 1. The predicted octanol–water partition coefficient (Wildman–Crippen LogP) is 3.30. The number of fused-ring (bicyclic) bond motifs is 1. The number of aromatic nitrogens is 5. The summed E-state index contributed by atoms with van der Waals surface area (Å²) in [6.45, 7) is 5.93. The Morgan fingerprint density at radius 3 is 2.68 bits per heavy atom. The second-order valence-corrected chi connectivity index (χ2v) is 9.38. The van der Waals surface area contributed by atoms with Gasteiger partial charge in [-0.15, -0.1) is 0 Å². The number of carbonyl (C=O) groups excluding carboxylic acids is 1. The van der Waals surface area contributed by atoms with Crippen LogP contribution in [0.3, 0.4) is 0 Å². The first-order valence-corrected chi connectivity index (χ1v) is 11.8. The van der Waals surface area contributed by atoms with Crippen molar-refractivity contribution in [2.24, 2.45) is 0 Å². The monoisotopic (exact) mass is 489 g/mol. The summed E-state index contributed by atoms with van der Waals surface area (Å²) in [5.41, 5.74) is -1.26. The molecule has 0 aliphatic heterocycles. The molecule has 0 bridgehead atoms. The number of nitrogens with zero attached hydrogens (tertiary/aromatic N) is 4. The Kier molecular flexibility index (Phi) is 6.04. The number of nitrogens with one attached hydrogen (secondary N) is 3. The summed E-state index contributed by atoms with van der Waals surface area (Å²) in [5.74, 6) is -3.17. The van der Waals surface area contributed by atoms with Crippen LogP contribution in [0.15, 0.2) is 41.9 Å². The molecular weight excluding hydrogens is 468 g/mol. The largest absolute Gasteiger partial charge is 0.367 e. The fourth-order valence-electron chi connectivity index (χ4n) is 3.36. The smallest absolute Gasteiger partial charge is 0.265 e. The Balaban J connectivity index is 1.76. The average Bonchev–Trinajstić information content (AvgIpc) is 3.43. The highest BCUT2D eigenvalue weighted by molar-refractivity contribution is 7.92. The van der Waals surface area contributed by atoms with Gasteiger partial charge in [0, 0.05) is 25.0 Å². The van der Waals surface area contributed by atoms with Crippen molar-refractivity contribution < 1.29 is 22.0 Å². The van der Waals surface area contributed by atoms with Crippen molar-refractivity contribution in [2.75, 3.05) is 10.0 Å². The summed E-state index contributed by atoms with van der Waals surface area (Å²) in [6, 6.07) is 1.69. The number of aromatic amines is 1. The Morgan fingerprint density at radius 1 is 1.24 bits per heavy atom. The zero-order chi connectivity index (χ0) is 24.6. The van der Waals surface area contributed by atoms with Crippen molar-refractivity contribution in [1.82, 2.24) is 24.7 Å². The Labute approximate surface area is 193 Å². The van der Waals surface area contributed by atoms with E-state index in [9.17, 15) is 17.6 Å². The quantitative estimate of drug-likeness (QED) is 0.323. The normalized spacial score (nSPS) is 11.8. The van der Waals surface area contributed by atoms with Gasteiger partial charge in [-0.1, -0.05) is 0 Å². The SMILES string of the molecule is CCn1cc(S(=O)(=O)Nc2ccc(F)c(C(=O)c3c[nH]c4ncnc(NC(C)C)c34)c2F)cn1. The fourth-order valence-corrected chi connectivity index (χ4v) is 4.37. The number of rotatable bonds is 8. The molecule has 0 spiro atoms.